The van der Waals surface area contributed by atoms with E-state index >= 15 is 0 Å². The minimum Gasteiger partial charge on any atom is -0.356 e. The van der Waals surface area contributed by atoms with Crippen LogP contribution in [0.3, 0.4) is 0 Å². The molecule has 6 heteroatoms. The standard InChI is InChI=1S/C23H28FN5/c1-23(2,20-8-5-9-21(24)13-20)16-28-22(25-3)27-14-18-6-4-7-19(12-18)15-29-11-10-26-17-29/h4-13,17H,14-16H2,1-3H3,(H2,25,27,28). The van der Waals surface area contributed by atoms with Crippen LogP contribution in [0.2, 0.25) is 0 Å². The van der Waals surface area contributed by atoms with Gasteiger partial charge in [-0.05, 0) is 28.8 Å². The zero-order valence-electron chi connectivity index (χ0n) is 17.2. The summed E-state index contributed by atoms with van der Waals surface area (Å²) in [6, 6.07) is 15.2. The van der Waals surface area contributed by atoms with Crippen molar-refractivity contribution in [1.29, 1.82) is 0 Å². The monoisotopic (exact) mass is 393 g/mol. The van der Waals surface area contributed by atoms with E-state index in [1.54, 1.807) is 25.4 Å². The van der Waals surface area contributed by atoms with E-state index in [1.807, 2.05) is 23.2 Å². The van der Waals surface area contributed by atoms with E-state index in [9.17, 15) is 4.39 Å². The normalized spacial score (nSPS) is 12.1. The summed E-state index contributed by atoms with van der Waals surface area (Å²) < 4.78 is 15.6. The van der Waals surface area contributed by atoms with E-state index in [1.165, 1.54) is 17.2 Å². The first-order valence-electron chi connectivity index (χ1n) is 9.70. The molecule has 0 atom stereocenters. The van der Waals surface area contributed by atoms with Gasteiger partial charge in [-0.2, -0.15) is 0 Å². The highest BCUT2D eigenvalue weighted by atomic mass is 19.1. The first-order valence-corrected chi connectivity index (χ1v) is 9.70. The van der Waals surface area contributed by atoms with Crippen LogP contribution in [-0.2, 0) is 18.5 Å². The van der Waals surface area contributed by atoms with Crippen molar-refractivity contribution in [2.24, 2.45) is 4.99 Å². The van der Waals surface area contributed by atoms with Gasteiger partial charge in [-0.1, -0.05) is 50.2 Å². The number of aromatic nitrogens is 2. The number of hydrogen-bond donors (Lipinski definition) is 2. The largest absolute Gasteiger partial charge is 0.356 e. The van der Waals surface area contributed by atoms with Crippen LogP contribution in [0.15, 0.2) is 72.2 Å². The topological polar surface area (TPSA) is 54.2 Å². The van der Waals surface area contributed by atoms with Gasteiger partial charge < -0.3 is 15.2 Å². The first kappa shape index (κ1) is 20.6. The van der Waals surface area contributed by atoms with Gasteiger partial charge in [-0.25, -0.2) is 9.37 Å². The van der Waals surface area contributed by atoms with Crippen LogP contribution < -0.4 is 10.6 Å². The highest BCUT2D eigenvalue weighted by molar-refractivity contribution is 5.79. The molecule has 1 heterocycles. The second kappa shape index (κ2) is 9.37. The van der Waals surface area contributed by atoms with Gasteiger partial charge in [0.2, 0.25) is 0 Å². The minimum atomic E-state index is -0.232. The summed E-state index contributed by atoms with van der Waals surface area (Å²) in [4.78, 5) is 8.39. The SMILES string of the molecule is CN=C(NCc1cccc(Cn2ccnc2)c1)NCC(C)(C)c1cccc(F)c1. The molecule has 3 rings (SSSR count). The average molecular weight is 394 g/mol. The number of benzene rings is 2. The molecule has 0 aliphatic heterocycles. The van der Waals surface area contributed by atoms with Crippen molar-refractivity contribution in [1.82, 2.24) is 20.2 Å². The fourth-order valence-electron chi connectivity index (χ4n) is 3.15. The van der Waals surface area contributed by atoms with Crippen LogP contribution in [0.1, 0.15) is 30.5 Å². The van der Waals surface area contributed by atoms with Crippen molar-refractivity contribution in [3.8, 4) is 0 Å². The average Bonchev–Trinajstić information content (AvgIpc) is 3.21. The maximum absolute atomic E-state index is 13.6. The third kappa shape index (κ3) is 5.91. The molecule has 0 saturated carbocycles. The number of hydrogen-bond acceptors (Lipinski definition) is 2. The number of nitrogens with zero attached hydrogens (tertiary/aromatic N) is 3. The molecule has 0 bridgehead atoms. The molecule has 1 aromatic heterocycles. The van der Waals surface area contributed by atoms with E-state index < -0.39 is 0 Å². The van der Waals surface area contributed by atoms with Gasteiger partial charge in [0.25, 0.3) is 0 Å². The molecule has 0 fully saturated rings. The summed E-state index contributed by atoms with van der Waals surface area (Å²) in [5.41, 5.74) is 3.12. The number of aliphatic imine (C=N–C) groups is 1. The van der Waals surface area contributed by atoms with Gasteiger partial charge in [0.1, 0.15) is 5.82 Å². The first-order chi connectivity index (χ1) is 14.0. The maximum Gasteiger partial charge on any atom is 0.191 e. The van der Waals surface area contributed by atoms with Gasteiger partial charge >= 0.3 is 0 Å². The Hall–Kier alpha value is -3.15. The van der Waals surface area contributed by atoms with Gasteiger partial charge in [-0.3, -0.25) is 4.99 Å². The molecule has 0 amide bonds. The maximum atomic E-state index is 13.6. The predicted molar refractivity (Wildman–Crippen MR) is 115 cm³/mol. The Morgan fingerprint density at radius 1 is 1.10 bits per heavy atom. The van der Waals surface area contributed by atoms with E-state index in [-0.39, 0.29) is 11.2 Å². The second-order valence-corrected chi connectivity index (χ2v) is 7.73. The highest BCUT2D eigenvalue weighted by Gasteiger charge is 2.21. The highest BCUT2D eigenvalue weighted by Crippen LogP contribution is 2.22. The molecule has 2 aromatic carbocycles. The fourth-order valence-corrected chi connectivity index (χ4v) is 3.15. The molecule has 0 saturated heterocycles. The number of halogens is 1. The van der Waals surface area contributed by atoms with E-state index in [0.29, 0.717) is 13.1 Å². The van der Waals surface area contributed by atoms with Crippen molar-refractivity contribution in [2.45, 2.75) is 32.4 Å². The Kier molecular flexibility index (Phi) is 6.65. The smallest absolute Gasteiger partial charge is 0.191 e. The van der Waals surface area contributed by atoms with Gasteiger partial charge in [-0.15, -0.1) is 0 Å². The van der Waals surface area contributed by atoms with E-state index in [2.05, 4.69) is 58.7 Å². The predicted octanol–water partition coefficient (Wildman–Crippen LogP) is 3.71. The van der Waals surface area contributed by atoms with Crippen LogP contribution >= 0.6 is 0 Å². The molecule has 29 heavy (non-hydrogen) atoms. The molecule has 0 radical (unpaired) electrons. The molecule has 0 aliphatic rings. The fraction of sp³-hybridized carbons (Fsp3) is 0.304. The lowest BCUT2D eigenvalue weighted by atomic mass is 9.84. The Morgan fingerprint density at radius 2 is 1.90 bits per heavy atom. The Balaban J connectivity index is 1.55. The van der Waals surface area contributed by atoms with E-state index in [4.69, 9.17) is 0 Å². The third-order valence-corrected chi connectivity index (χ3v) is 4.90. The summed E-state index contributed by atoms with van der Waals surface area (Å²) >= 11 is 0. The van der Waals surface area contributed by atoms with Crippen LogP contribution in [0.25, 0.3) is 0 Å². The summed E-state index contributed by atoms with van der Waals surface area (Å²) in [6.07, 6.45) is 5.56. The van der Waals surface area contributed by atoms with Gasteiger partial charge in [0.05, 0.1) is 6.33 Å². The summed E-state index contributed by atoms with van der Waals surface area (Å²) in [6.45, 7) is 6.26. The zero-order valence-corrected chi connectivity index (χ0v) is 17.2. The Bertz CT molecular complexity index is 947. The van der Waals surface area contributed by atoms with E-state index in [0.717, 1.165) is 18.1 Å². The third-order valence-electron chi connectivity index (χ3n) is 4.90. The lowest BCUT2D eigenvalue weighted by Gasteiger charge is -2.27. The molecule has 0 spiro atoms. The van der Waals surface area contributed by atoms with Crippen molar-refractivity contribution >= 4 is 5.96 Å². The number of rotatable bonds is 7. The molecule has 0 unspecified atom stereocenters. The van der Waals surface area contributed by atoms with Crippen molar-refractivity contribution < 1.29 is 4.39 Å². The molecule has 3 aromatic rings. The molecular formula is C23H28FN5. The van der Waals surface area contributed by atoms with Crippen molar-refractivity contribution in [3.63, 3.8) is 0 Å². The molecular weight excluding hydrogens is 365 g/mol. The van der Waals surface area contributed by atoms with Crippen molar-refractivity contribution in [2.75, 3.05) is 13.6 Å². The number of nitrogens with one attached hydrogen (secondary N) is 2. The van der Waals surface area contributed by atoms with Crippen LogP contribution in [0, 0.1) is 5.82 Å². The minimum absolute atomic E-state index is 0.214. The lowest BCUT2D eigenvalue weighted by molar-refractivity contribution is 0.503. The Labute approximate surface area is 171 Å². The zero-order chi connectivity index (χ0) is 20.7. The lowest BCUT2D eigenvalue weighted by Crippen LogP contribution is -2.43. The molecule has 5 nitrogen and oxygen atoms in total. The van der Waals surface area contributed by atoms with Crippen molar-refractivity contribution in [3.05, 3.63) is 89.8 Å². The number of guanidine groups is 1. The van der Waals surface area contributed by atoms with Gasteiger partial charge in [0.15, 0.2) is 5.96 Å². The molecule has 2 N–H and O–H groups in total. The quantitative estimate of drug-likeness (QED) is 0.475. The molecule has 0 aliphatic carbocycles. The van der Waals surface area contributed by atoms with Crippen LogP contribution in [0.5, 0.6) is 0 Å². The van der Waals surface area contributed by atoms with Crippen LogP contribution in [-0.4, -0.2) is 29.1 Å². The number of imidazole rings is 1. The molecule has 152 valence electrons. The summed E-state index contributed by atoms with van der Waals surface area (Å²) in [5.74, 6) is 0.503. The van der Waals surface area contributed by atoms with Crippen LogP contribution in [0.4, 0.5) is 4.39 Å². The second-order valence-electron chi connectivity index (χ2n) is 7.73. The Morgan fingerprint density at radius 3 is 2.62 bits per heavy atom. The summed E-state index contributed by atoms with van der Waals surface area (Å²) in [5, 5.41) is 6.71. The summed E-state index contributed by atoms with van der Waals surface area (Å²) in [7, 11) is 1.75. The van der Waals surface area contributed by atoms with Gasteiger partial charge in [0, 0.05) is 44.5 Å².